The van der Waals surface area contributed by atoms with Crippen molar-refractivity contribution in [2.45, 2.75) is 0 Å². The van der Waals surface area contributed by atoms with Crippen molar-refractivity contribution >= 4 is 18.4 Å². The molecule has 0 unspecified atom stereocenters. The van der Waals surface area contributed by atoms with E-state index in [-0.39, 0.29) is 12.4 Å². The Morgan fingerprint density at radius 2 is 1.82 bits per heavy atom. The highest BCUT2D eigenvalue weighted by Crippen LogP contribution is 2.18. The molecule has 0 N–H and O–H groups in total. The SMILES string of the molecule is COC(=O)c1cc(-c2ccccc2)ccn1.Cl. The Morgan fingerprint density at radius 3 is 2.47 bits per heavy atom. The molecule has 17 heavy (non-hydrogen) atoms. The summed E-state index contributed by atoms with van der Waals surface area (Å²) in [5.41, 5.74) is 2.33. The number of halogens is 1. The average Bonchev–Trinajstić information content (AvgIpc) is 2.39. The molecular weight excluding hydrogens is 238 g/mol. The number of nitrogens with zero attached hydrogens (tertiary/aromatic N) is 1. The van der Waals surface area contributed by atoms with Gasteiger partial charge in [0.15, 0.2) is 0 Å². The number of aromatic nitrogens is 1. The van der Waals surface area contributed by atoms with Crippen molar-refractivity contribution in [3.63, 3.8) is 0 Å². The smallest absolute Gasteiger partial charge is 0.356 e. The van der Waals surface area contributed by atoms with Crippen LogP contribution in [0.15, 0.2) is 48.7 Å². The molecule has 0 atom stereocenters. The van der Waals surface area contributed by atoms with E-state index < -0.39 is 5.97 Å². The molecule has 3 nitrogen and oxygen atoms in total. The van der Waals surface area contributed by atoms with Gasteiger partial charge < -0.3 is 4.74 Å². The molecule has 1 aromatic heterocycles. The van der Waals surface area contributed by atoms with Crippen LogP contribution in [-0.2, 0) is 4.74 Å². The van der Waals surface area contributed by atoms with E-state index in [0.29, 0.717) is 5.69 Å². The van der Waals surface area contributed by atoms with Gasteiger partial charge in [-0.1, -0.05) is 30.3 Å². The summed E-state index contributed by atoms with van der Waals surface area (Å²) >= 11 is 0. The van der Waals surface area contributed by atoms with Gasteiger partial charge in [0.25, 0.3) is 0 Å². The Kier molecular flexibility index (Phi) is 4.67. The van der Waals surface area contributed by atoms with Crippen molar-refractivity contribution in [3.05, 3.63) is 54.4 Å². The van der Waals surface area contributed by atoms with E-state index in [2.05, 4.69) is 9.72 Å². The summed E-state index contributed by atoms with van der Waals surface area (Å²) in [4.78, 5) is 15.3. The van der Waals surface area contributed by atoms with Crippen LogP contribution >= 0.6 is 12.4 Å². The zero-order valence-electron chi connectivity index (χ0n) is 9.29. The second-order valence-corrected chi connectivity index (χ2v) is 3.29. The zero-order chi connectivity index (χ0) is 11.4. The fourth-order valence-corrected chi connectivity index (χ4v) is 1.46. The molecule has 0 radical (unpaired) electrons. The van der Waals surface area contributed by atoms with Gasteiger partial charge in [-0.3, -0.25) is 0 Å². The lowest BCUT2D eigenvalue weighted by Gasteiger charge is -2.03. The number of methoxy groups -OCH3 is 1. The molecule has 0 aliphatic heterocycles. The summed E-state index contributed by atoms with van der Waals surface area (Å²) in [6.45, 7) is 0. The molecule has 1 aromatic carbocycles. The molecule has 2 aromatic rings. The molecule has 0 aliphatic rings. The lowest BCUT2D eigenvalue weighted by molar-refractivity contribution is 0.0594. The van der Waals surface area contributed by atoms with E-state index >= 15 is 0 Å². The van der Waals surface area contributed by atoms with Crippen LogP contribution in [0.1, 0.15) is 10.5 Å². The predicted octanol–water partition coefficient (Wildman–Crippen LogP) is 2.96. The Hall–Kier alpha value is -1.87. The molecule has 0 aliphatic carbocycles. The Labute approximate surface area is 106 Å². The quantitative estimate of drug-likeness (QED) is 0.768. The number of esters is 1. The second kappa shape index (κ2) is 6.01. The Balaban J connectivity index is 0.00000144. The number of hydrogen-bond donors (Lipinski definition) is 0. The summed E-state index contributed by atoms with van der Waals surface area (Å²) in [5, 5.41) is 0. The van der Waals surface area contributed by atoms with E-state index in [0.717, 1.165) is 11.1 Å². The van der Waals surface area contributed by atoms with Crippen molar-refractivity contribution in [2.75, 3.05) is 7.11 Å². The van der Waals surface area contributed by atoms with E-state index in [1.165, 1.54) is 7.11 Å². The van der Waals surface area contributed by atoms with E-state index in [1.807, 2.05) is 36.4 Å². The Bertz CT molecular complexity index is 500. The molecule has 88 valence electrons. The highest BCUT2D eigenvalue weighted by molar-refractivity contribution is 5.88. The van der Waals surface area contributed by atoms with Gasteiger partial charge >= 0.3 is 5.97 Å². The molecular formula is C13H12ClNO2. The minimum absolute atomic E-state index is 0. The molecule has 0 fully saturated rings. The highest BCUT2D eigenvalue weighted by Gasteiger charge is 2.07. The van der Waals surface area contributed by atoms with Gasteiger partial charge in [0.05, 0.1) is 7.11 Å². The lowest BCUT2D eigenvalue weighted by Crippen LogP contribution is -2.03. The molecule has 0 spiro atoms. The van der Waals surface area contributed by atoms with E-state index in [9.17, 15) is 4.79 Å². The Morgan fingerprint density at radius 1 is 1.12 bits per heavy atom. The van der Waals surface area contributed by atoms with Crippen molar-refractivity contribution in [1.29, 1.82) is 0 Å². The van der Waals surface area contributed by atoms with Crippen molar-refractivity contribution < 1.29 is 9.53 Å². The van der Waals surface area contributed by atoms with Crippen LogP contribution in [0.4, 0.5) is 0 Å². The molecule has 0 bridgehead atoms. The van der Waals surface area contributed by atoms with Crippen LogP contribution in [0.5, 0.6) is 0 Å². The third-order valence-electron chi connectivity index (χ3n) is 2.26. The van der Waals surface area contributed by atoms with E-state index in [4.69, 9.17) is 0 Å². The molecule has 2 rings (SSSR count). The first-order chi connectivity index (χ1) is 7.81. The van der Waals surface area contributed by atoms with Gasteiger partial charge in [-0.2, -0.15) is 0 Å². The monoisotopic (exact) mass is 249 g/mol. The average molecular weight is 250 g/mol. The minimum atomic E-state index is -0.419. The maximum absolute atomic E-state index is 11.3. The normalized spacial score (nSPS) is 9.24. The van der Waals surface area contributed by atoms with E-state index in [1.54, 1.807) is 12.3 Å². The number of pyridine rings is 1. The van der Waals surface area contributed by atoms with Gasteiger partial charge in [-0.15, -0.1) is 12.4 Å². The third-order valence-corrected chi connectivity index (χ3v) is 2.26. The van der Waals surface area contributed by atoms with Gasteiger partial charge in [0.2, 0.25) is 0 Å². The molecule has 0 saturated carbocycles. The van der Waals surface area contributed by atoms with Gasteiger partial charge in [-0.25, -0.2) is 9.78 Å². The second-order valence-electron chi connectivity index (χ2n) is 3.29. The fraction of sp³-hybridized carbons (Fsp3) is 0.0769. The number of ether oxygens (including phenoxy) is 1. The van der Waals surface area contributed by atoms with Crippen molar-refractivity contribution in [1.82, 2.24) is 4.98 Å². The van der Waals surface area contributed by atoms with Crippen molar-refractivity contribution in [2.24, 2.45) is 0 Å². The largest absolute Gasteiger partial charge is 0.464 e. The van der Waals surface area contributed by atoms with Gasteiger partial charge in [-0.05, 0) is 23.3 Å². The molecule has 4 heteroatoms. The first-order valence-electron chi connectivity index (χ1n) is 4.91. The molecule has 1 heterocycles. The summed E-state index contributed by atoms with van der Waals surface area (Å²) in [7, 11) is 1.35. The predicted molar refractivity (Wildman–Crippen MR) is 68.3 cm³/mol. The summed E-state index contributed by atoms with van der Waals surface area (Å²) in [6.07, 6.45) is 1.61. The van der Waals surface area contributed by atoms with Crippen LogP contribution in [0, 0.1) is 0 Å². The van der Waals surface area contributed by atoms with Crippen LogP contribution < -0.4 is 0 Å². The number of carbonyl (C=O) groups excluding carboxylic acids is 1. The first kappa shape index (κ1) is 13.2. The number of benzene rings is 1. The minimum Gasteiger partial charge on any atom is -0.464 e. The number of carbonyl (C=O) groups is 1. The van der Waals surface area contributed by atoms with Crippen LogP contribution in [0.25, 0.3) is 11.1 Å². The zero-order valence-corrected chi connectivity index (χ0v) is 10.1. The van der Waals surface area contributed by atoms with Crippen LogP contribution in [-0.4, -0.2) is 18.1 Å². The molecule has 0 saturated heterocycles. The number of rotatable bonds is 2. The van der Waals surface area contributed by atoms with Gasteiger partial charge in [0, 0.05) is 6.20 Å². The summed E-state index contributed by atoms with van der Waals surface area (Å²) in [6, 6.07) is 13.4. The topological polar surface area (TPSA) is 39.2 Å². The summed E-state index contributed by atoms with van der Waals surface area (Å²) < 4.78 is 4.63. The maximum Gasteiger partial charge on any atom is 0.356 e. The fourth-order valence-electron chi connectivity index (χ4n) is 1.46. The summed E-state index contributed by atoms with van der Waals surface area (Å²) in [5.74, 6) is -0.419. The number of hydrogen-bond acceptors (Lipinski definition) is 3. The lowest BCUT2D eigenvalue weighted by atomic mass is 10.1. The third kappa shape index (κ3) is 3.04. The van der Waals surface area contributed by atoms with Crippen LogP contribution in [0.3, 0.4) is 0 Å². The standard InChI is InChI=1S/C13H11NO2.ClH/c1-16-13(15)12-9-11(7-8-14-12)10-5-3-2-4-6-10;/h2-9H,1H3;1H. The highest BCUT2D eigenvalue weighted by atomic mass is 35.5. The maximum atomic E-state index is 11.3. The van der Waals surface area contributed by atoms with Crippen LogP contribution in [0.2, 0.25) is 0 Å². The van der Waals surface area contributed by atoms with Crippen molar-refractivity contribution in [3.8, 4) is 11.1 Å². The first-order valence-corrected chi connectivity index (χ1v) is 4.91. The molecule has 0 amide bonds. The van der Waals surface area contributed by atoms with Gasteiger partial charge in [0.1, 0.15) is 5.69 Å².